The molecule has 2 atom stereocenters. The topological polar surface area (TPSA) is 67.8 Å². The van der Waals surface area contributed by atoms with E-state index in [0.29, 0.717) is 0 Å². The highest BCUT2D eigenvalue weighted by Gasteiger charge is 2.50. The Labute approximate surface area is 91.7 Å². The van der Waals surface area contributed by atoms with Crippen LogP contribution in [0.2, 0.25) is 0 Å². The van der Waals surface area contributed by atoms with Crippen molar-refractivity contribution in [1.82, 2.24) is 5.32 Å². The number of carbonyl (C=O) groups excluding carboxylic acids is 1. The van der Waals surface area contributed by atoms with Crippen molar-refractivity contribution in [3.05, 3.63) is 0 Å². The molecule has 0 bridgehead atoms. The number of nitrogens with one attached hydrogen (secondary N) is 1. The van der Waals surface area contributed by atoms with Crippen molar-refractivity contribution >= 4 is 5.97 Å². The summed E-state index contributed by atoms with van der Waals surface area (Å²) in [7, 11) is 1.45. The number of rotatable bonds is 6. The molecule has 1 heterocycles. The van der Waals surface area contributed by atoms with Gasteiger partial charge < -0.3 is 19.9 Å². The monoisotopic (exact) mass is 239 g/mol. The van der Waals surface area contributed by atoms with Crippen LogP contribution in [0, 0.1) is 0 Å². The van der Waals surface area contributed by atoms with E-state index in [2.05, 4.69) is 14.8 Å². The maximum absolute atomic E-state index is 12.7. The third-order valence-corrected chi connectivity index (χ3v) is 2.17. The molecule has 0 amide bonds. The molecule has 2 N–H and O–H groups in total. The Morgan fingerprint density at radius 2 is 2.44 bits per heavy atom. The summed E-state index contributed by atoms with van der Waals surface area (Å²) in [5, 5.41) is 12.0. The Hall–Kier alpha value is -0.790. The maximum atomic E-state index is 12.7. The number of hydrogen-bond acceptors (Lipinski definition) is 5. The molecule has 1 fully saturated rings. The number of hydrogen-bond donors (Lipinski definition) is 2. The maximum Gasteiger partial charge on any atom is 0.377 e. The predicted octanol–water partition coefficient (Wildman–Crippen LogP) is -0.466. The van der Waals surface area contributed by atoms with Crippen molar-refractivity contribution in [2.45, 2.75) is 24.6 Å². The fourth-order valence-corrected chi connectivity index (χ4v) is 1.42. The van der Waals surface area contributed by atoms with E-state index < -0.39 is 30.5 Å². The van der Waals surface area contributed by atoms with Crippen LogP contribution < -0.4 is 5.32 Å². The summed E-state index contributed by atoms with van der Waals surface area (Å²) < 4.78 is 34.6. The molecule has 5 nitrogen and oxygen atoms in total. The van der Waals surface area contributed by atoms with Gasteiger partial charge in [-0.2, -0.15) is 8.78 Å². The second-order valence-corrected chi connectivity index (χ2v) is 3.70. The normalized spacial score (nSPS) is 25.5. The summed E-state index contributed by atoms with van der Waals surface area (Å²) in [5.41, 5.74) is 0. The lowest BCUT2D eigenvalue weighted by Crippen LogP contribution is -2.35. The first-order valence-corrected chi connectivity index (χ1v) is 4.92. The van der Waals surface area contributed by atoms with Crippen LogP contribution in [0.5, 0.6) is 0 Å². The summed E-state index contributed by atoms with van der Waals surface area (Å²) in [6, 6.07) is 0. The van der Waals surface area contributed by atoms with Gasteiger partial charge in [0.1, 0.15) is 6.10 Å². The number of aliphatic hydroxyl groups excluding tert-OH is 1. The van der Waals surface area contributed by atoms with Gasteiger partial charge in [0.2, 0.25) is 0 Å². The van der Waals surface area contributed by atoms with Gasteiger partial charge in [0.05, 0.1) is 19.1 Å². The van der Waals surface area contributed by atoms with Crippen LogP contribution in [0.25, 0.3) is 0 Å². The fraction of sp³-hybridized carbons (Fsp3) is 0.889. The molecule has 0 aromatic carbocycles. The molecule has 94 valence electrons. The SMILES string of the molecule is COCC(O)CNCC1CC(F)(F)C(=O)O1. The van der Waals surface area contributed by atoms with E-state index >= 15 is 0 Å². The van der Waals surface area contributed by atoms with Gasteiger partial charge in [-0.25, -0.2) is 4.79 Å². The fourth-order valence-electron chi connectivity index (χ4n) is 1.42. The zero-order chi connectivity index (χ0) is 12.2. The van der Waals surface area contributed by atoms with Crippen LogP contribution in [0.1, 0.15) is 6.42 Å². The molecule has 0 aromatic rings. The first kappa shape index (κ1) is 13.3. The number of methoxy groups -OCH3 is 1. The van der Waals surface area contributed by atoms with Gasteiger partial charge in [-0.05, 0) is 0 Å². The van der Waals surface area contributed by atoms with Gasteiger partial charge in [-0.3, -0.25) is 0 Å². The van der Waals surface area contributed by atoms with Crippen LogP contribution in [0.15, 0.2) is 0 Å². The molecule has 16 heavy (non-hydrogen) atoms. The molecule has 2 unspecified atom stereocenters. The van der Waals surface area contributed by atoms with Crippen LogP contribution in [-0.2, 0) is 14.3 Å². The molecule has 0 saturated carbocycles. The second-order valence-electron chi connectivity index (χ2n) is 3.70. The quantitative estimate of drug-likeness (QED) is 0.614. The van der Waals surface area contributed by atoms with Crippen molar-refractivity contribution in [3.63, 3.8) is 0 Å². The lowest BCUT2D eigenvalue weighted by molar-refractivity contribution is -0.159. The van der Waals surface area contributed by atoms with Crippen LogP contribution >= 0.6 is 0 Å². The second kappa shape index (κ2) is 5.51. The van der Waals surface area contributed by atoms with Crippen molar-refractivity contribution in [3.8, 4) is 0 Å². The molecular weight excluding hydrogens is 224 g/mol. The van der Waals surface area contributed by atoms with Crippen LogP contribution in [-0.4, -0.2) is 56.0 Å². The lowest BCUT2D eigenvalue weighted by Gasteiger charge is -2.13. The zero-order valence-electron chi connectivity index (χ0n) is 8.91. The smallest absolute Gasteiger partial charge is 0.377 e. The van der Waals surface area contributed by atoms with Gasteiger partial charge in [-0.15, -0.1) is 0 Å². The van der Waals surface area contributed by atoms with Crippen molar-refractivity contribution in [2.24, 2.45) is 0 Å². The summed E-state index contributed by atoms with van der Waals surface area (Å²) in [5.74, 6) is -4.85. The number of carbonyl (C=O) groups is 1. The summed E-state index contributed by atoms with van der Waals surface area (Å²) in [6.07, 6.45) is -2.15. The molecule has 1 saturated heterocycles. The highest BCUT2D eigenvalue weighted by atomic mass is 19.3. The molecule has 0 aliphatic carbocycles. The van der Waals surface area contributed by atoms with E-state index in [4.69, 9.17) is 0 Å². The molecule has 0 spiro atoms. The number of halogens is 2. The number of aliphatic hydroxyl groups is 1. The third-order valence-electron chi connectivity index (χ3n) is 2.17. The molecule has 0 radical (unpaired) electrons. The first-order valence-electron chi connectivity index (χ1n) is 4.92. The molecule has 0 aromatic heterocycles. The molecule has 1 aliphatic rings. The number of alkyl halides is 2. The minimum Gasteiger partial charge on any atom is -0.456 e. The van der Waals surface area contributed by atoms with Crippen LogP contribution in [0.4, 0.5) is 8.78 Å². The third kappa shape index (κ3) is 3.66. The molecule has 7 heteroatoms. The number of cyclic esters (lactones) is 1. The highest BCUT2D eigenvalue weighted by molar-refractivity contribution is 5.79. The van der Waals surface area contributed by atoms with Gasteiger partial charge in [0.25, 0.3) is 0 Å². The van der Waals surface area contributed by atoms with Crippen LogP contribution in [0.3, 0.4) is 0 Å². The van der Waals surface area contributed by atoms with E-state index in [9.17, 15) is 18.7 Å². The van der Waals surface area contributed by atoms with Gasteiger partial charge in [0, 0.05) is 20.2 Å². The first-order chi connectivity index (χ1) is 7.45. The van der Waals surface area contributed by atoms with Gasteiger partial charge >= 0.3 is 11.9 Å². The predicted molar refractivity (Wildman–Crippen MR) is 50.2 cm³/mol. The summed E-state index contributed by atoms with van der Waals surface area (Å²) in [4.78, 5) is 10.6. The summed E-state index contributed by atoms with van der Waals surface area (Å²) in [6.45, 7) is 0.461. The molecule has 1 rings (SSSR count). The Bertz CT molecular complexity index is 250. The average molecular weight is 239 g/mol. The van der Waals surface area contributed by atoms with Gasteiger partial charge in [-0.1, -0.05) is 0 Å². The highest BCUT2D eigenvalue weighted by Crippen LogP contribution is 2.30. The van der Waals surface area contributed by atoms with E-state index in [1.807, 2.05) is 0 Å². The average Bonchev–Trinajstić information content (AvgIpc) is 2.41. The molecule has 1 aliphatic heterocycles. The Morgan fingerprint density at radius 3 is 2.94 bits per heavy atom. The van der Waals surface area contributed by atoms with Crippen molar-refractivity contribution < 1.29 is 28.2 Å². The minimum absolute atomic E-state index is 0.0993. The minimum atomic E-state index is -3.38. The lowest BCUT2D eigenvalue weighted by atomic mass is 10.2. The van der Waals surface area contributed by atoms with Gasteiger partial charge in [0.15, 0.2) is 0 Å². The Balaban J connectivity index is 2.18. The van der Waals surface area contributed by atoms with E-state index in [1.165, 1.54) is 7.11 Å². The van der Waals surface area contributed by atoms with E-state index in [1.54, 1.807) is 0 Å². The standard InChI is InChI=1S/C9H15F2NO4/c1-15-5-6(13)3-12-4-7-2-9(10,11)8(14)16-7/h6-7,12-13H,2-5H2,1H3. The Morgan fingerprint density at radius 1 is 1.75 bits per heavy atom. The molecular formula is C9H15F2NO4. The Kier molecular flexibility index (Phi) is 4.57. The van der Waals surface area contributed by atoms with Crippen molar-refractivity contribution in [1.29, 1.82) is 0 Å². The van der Waals surface area contributed by atoms with E-state index in [-0.39, 0.29) is 19.7 Å². The largest absolute Gasteiger partial charge is 0.456 e. The van der Waals surface area contributed by atoms with Crippen molar-refractivity contribution in [2.75, 3.05) is 26.8 Å². The number of ether oxygens (including phenoxy) is 2. The summed E-state index contributed by atoms with van der Waals surface area (Å²) >= 11 is 0. The van der Waals surface area contributed by atoms with E-state index in [0.717, 1.165) is 0 Å². The zero-order valence-corrected chi connectivity index (χ0v) is 8.91. The number of esters is 1.